The highest BCUT2D eigenvalue weighted by atomic mass is 16.5. The van der Waals surface area contributed by atoms with E-state index in [1.165, 1.54) is 0 Å². The number of carbonyl (C=O) groups excluding carboxylic acids is 1. The van der Waals surface area contributed by atoms with E-state index in [0.29, 0.717) is 25.2 Å². The molecule has 0 atom stereocenters. The van der Waals surface area contributed by atoms with Crippen molar-refractivity contribution in [2.24, 2.45) is 0 Å². The Morgan fingerprint density at radius 3 is 2.52 bits per heavy atom. The van der Waals surface area contributed by atoms with Crippen LogP contribution in [0.25, 0.3) is 0 Å². The lowest BCUT2D eigenvalue weighted by molar-refractivity contribution is -0.116. The Balaban J connectivity index is 1.93. The van der Waals surface area contributed by atoms with Crippen molar-refractivity contribution >= 4 is 11.6 Å². The minimum atomic E-state index is -0.0226. The number of rotatable bonds is 7. The van der Waals surface area contributed by atoms with E-state index >= 15 is 0 Å². The summed E-state index contributed by atoms with van der Waals surface area (Å²) in [5.74, 6) is 1.51. The Morgan fingerprint density at radius 2 is 1.87 bits per heavy atom. The van der Waals surface area contributed by atoms with Gasteiger partial charge in [-0.15, -0.1) is 0 Å². The molecule has 0 fully saturated rings. The molecule has 0 aromatic heterocycles. The second-order valence-electron chi connectivity index (χ2n) is 5.33. The van der Waals surface area contributed by atoms with Gasteiger partial charge in [-0.1, -0.05) is 18.2 Å². The molecule has 4 heteroatoms. The Hall–Kier alpha value is -2.49. The molecule has 2 aromatic carbocycles. The molecule has 2 rings (SSSR count). The first-order chi connectivity index (χ1) is 11.1. The van der Waals surface area contributed by atoms with Crippen molar-refractivity contribution in [1.82, 2.24) is 0 Å². The van der Waals surface area contributed by atoms with E-state index in [-0.39, 0.29) is 5.91 Å². The number of aryl methyl sites for hydroxylation is 2. The highest BCUT2D eigenvalue weighted by Gasteiger charge is 2.08. The van der Waals surface area contributed by atoms with Gasteiger partial charge >= 0.3 is 0 Å². The first-order valence-corrected chi connectivity index (χ1v) is 7.78. The highest BCUT2D eigenvalue weighted by Crippen LogP contribution is 2.26. The monoisotopic (exact) mass is 313 g/mol. The van der Waals surface area contributed by atoms with Gasteiger partial charge in [0.15, 0.2) is 0 Å². The van der Waals surface area contributed by atoms with E-state index in [9.17, 15) is 4.79 Å². The maximum atomic E-state index is 12.2. The third kappa shape index (κ3) is 5.02. The fourth-order valence-corrected chi connectivity index (χ4v) is 2.27. The van der Waals surface area contributed by atoms with Crippen molar-refractivity contribution in [2.75, 3.05) is 19.0 Å². The Bertz CT molecular complexity index is 650. The Morgan fingerprint density at radius 1 is 1.13 bits per heavy atom. The highest BCUT2D eigenvalue weighted by molar-refractivity contribution is 5.92. The summed E-state index contributed by atoms with van der Waals surface area (Å²) in [5, 5.41) is 2.93. The molecule has 0 unspecified atom stereocenters. The van der Waals surface area contributed by atoms with Gasteiger partial charge in [0.1, 0.15) is 11.5 Å². The van der Waals surface area contributed by atoms with E-state index in [1.807, 2.05) is 56.3 Å². The van der Waals surface area contributed by atoms with Crippen molar-refractivity contribution in [3.63, 3.8) is 0 Å². The van der Waals surface area contributed by atoms with Crippen LogP contribution in [0.5, 0.6) is 11.5 Å². The number of amides is 1. The fourth-order valence-electron chi connectivity index (χ4n) is 2.27. The van der Waals surface area contributed by atoms with Gasteiger partial charge in [0.05, 0.1) is 19.4 Å². The molecule has 1 N–H and O–H groups in total. The summed E-state index contributed by atoms with van der Waals surface area (Å²) in [6, 6.07) is 13.5. The first kappa shape index (κ1) is 16.9. The normalized spacial score (nSPS) is 10.2. The summed E-state index contributed by atoms with van der Waals surface area (Å²) in [5.41, 5.74) is 2.93. The third-order valence-electron chi connectivity index (χ3n) is 3.51. The number of nitrogens with one attached hydrogen (secondary N) is 1. The van der Waals surface area contributed by atoms with Crippen LogP contribution in [0.3, 0.4) is 0 Å². The van der Waals surface area contributed by atoms with Crippen molar-refractivity contribution in [3.05, 3.63) is 53.6 Å². The molecule has 0 heterocycles. The number of ether oxygens (including phenoxy) is 2. The number of methoxy groups -OCH3 is 1. The topological polar surface area (TPSA) is 47.6 Å². The number of anilines is 1. The fraction of sp³-hybridized carbons (Fsp3) is 0.316. The molecule has 0 radical (unpaired) electrons. The Labute approximate surface area is 137 Å². The molecule has 0 aliphatic heterocycles. The molecule has 122 valence electrons. The molecular weight excluding hydrogens is 290 g/mol. The predicted molar refractivity (Wildman–Crippen MR) is 92.3 cm³/mol. The molecule has 0 saturated heterocycles. The second-order valence-corrected chi connectivity index (χ2v) is 5.33. The number of hydrogen-bond donors (Lipinski definition) is 1. The van der Waals surface area contributed by atoms with Gasteiger partial charge in [0, 0.05) is 6.42 Å². The molecular formula is C19H23NO3. The molecule has 0 bridgehead atoms. The van der Waals surface area contributed by atoms with Crippen molar-refractivity contribution in [2.45, 2.75) is 26.7 Å². The zero-order valence-corrected chi connectivity index (χ0v) is 13.9. The molecule has 2 aromatic rings. The summed E-state index contributed by atoms with van der Waals surface area (Å²) in [7, 11) is 1.64. The van der Waals surface area contributed by atoms with Crippen LogP contribution in [0.2, 0.25) is 0 Å². The van der Waals surface area contributed by atoms with Crippen molar-refractivity contribution < 1.29 is 14.3 Å². The third-order valence-corrected chi connectivity index (χ3v) is 3.51. The van der Waals surface area contributed by atoms with Gasteiger partial charge in [0.25, 0.3) is 0 Å². The quantitative estimate of drug-likeness (QED) is 0.841. The van der Waals surface area contributed by atoms with E-state index in [2.05, 4.69) is 5.32 Å². The average Bonchev–Trinajstić information content (AvgIpc) is 2.56. The van der Waals surface area contributed by atoms with Crippen LogP contribution in [0.1, 0.15) is 24.5 Å². The van der Waals surface area contributed by atoms with Crippen LogP contribution < -0.4 is 14.8 Å². The second kappa shape index (κ2) is 8.22. The van der Waals surface area contributed by atoms with Gasteiger partial charge in [-0.25, -0.2) is 0 Å². The van der Waals surface area contributed by atoms with Crippen molar-refractivity contribution in [1.29, 1.82) is 0 Å². The molecule has 0 saturated carbocycles. The van der Waals surface area contributed by atoms with Gasteiger partial charge in [0.2, 0.25) is 5.91 Å². The molecule has 0 aliphatic carbocycles. The molecule has 4 nitrogen and oxygen atoms in total. The number of carbonyl (C=O) groups is 1. The van der Waals surface area contributed by atoms with E-state index in [4.69, 9.17) is 9.47 Å². The minimum Gasteiger partial charge on any atom is -0.497 e. The van der Waals surface area contributed by atoms with Crippen LogP contribution >= 0.6 is 0 Å². The SMILES string of the molecule is CCOc1cc(C)ccc1NC(=O)CCc1ccc(OC)cc1. The van der Waals surface area contributed by atoms with Crippen molar-refractivity contribution in [3.8, 4) is 11.5 Å². The first-order valence-electron chi connectivity index (χ1n) is 7.78. The zero-order chi connectivity index (χ0) is 16.7. The lowest BCUT2D eigenvalue weighted by Crippen LogP contribution is -2.13. The maximum absolute atomic E-state index is 12.2. The molecule has 0 aliphatic rings. The van der Waals surface area contributed by atoms with E-state index in [0.717, 1.165) is 22.6 Å². The van der Waals surface area contributed by atoms with Gasteiger partial charge in [-0.3, -0.25) is 4.79 Å². The lowest BCUT2D eigenvalue weighted by Gasteiger charge is -2.12. The van der Waals surface area contributed by atoms with E-state index < -0.39 is 0 Å². The summed E-state index contributed by atoms with van der Waals surface area (Å²) >= 11 is 0. The van der Waals surface area contributed by atoms with Crippen LogP contribution in [0.4, 0.5) is 5.69 Å². The van der Waals surface area contributed by atoms with Gasteiger partial charge in [-0.2, -0.15) is 0 Å². The molecule has 0 spiro atoms. The standard InChI is InChI=1S/C19H23NO3/c1-4-23-18-13-14(2)5-11-17(18)20-19(21)12-8-15-6-9-16(22-3)10-7-15/h5-7,9-11,13H,4,8,12H2,1-3H3,(H,20,21). The molecule has 1 amide bonds. The van der Waals surface area contributed by atoms with Gasteiger partial charge < -0.3 is 14.8 Å². The number of benzene rings is 2. The zero-order valence-electron chi connectivity index (χ0n) is 13.9. The maximum Gasteiger partial charge on any atom is 0.224 e. The summed E-state index contributed by atoms with van der Waals surface area (Å²) < 4.78 is 10.7. The summed E-state index contributed by atoms with van der Waals surface area (Å²) in [6.45, 7) is 4.49. The summed E-state index contributed by atoms with van der Waals surface area (Å²) in [4.78, 5) is 12.2. The van der Waals surface area contributed by atoms with Crippen LogP contribution in [-0.4, -0.2) is 19.6 Å². The Kier molecular flexibility index (Phi) is 6.03. The van der Waals surface area contributed by atoms with E-state index in [1.54, 1.807) is 7.11 Å². The smallest absolute Gasteiger partial charge is 0.224 e. The molecule has 23 heavy (non-hydrogen) atoms. The van der Waals surface area contributed by atoms with Crippen LogP contribution in [0.15, 0.2) is 42.5 Å². The van der Waals surface area contributed by atoms with Gasteiger partial charge in [-0.05, 0) is 55.7 Å². The van der Waals surface area contributed by atoms with Crippen LogP contribution in [0, 0.1) is 6.92 Å². The average molecular weight is 313 g/mol. The largest absolute Gasteiger partial charge is 0.497 e. The van der Waals surface area contributed by atoms with Crippen LogP contribution in [-0.2, 0) is 11.2 Å². The predicted octanol–water partition coefficient (Wildman–Crippen LogP) is 3.97. The minimum absolute atomic E-state index is 0.0226. The summed E-state index contributed by atoms with van der Waals surface area (Å²) in [6.07, 6.45) is 1.11. The lowest BCUT2D eigenvalue weighted by atomic mass is 10.1. The number of hydrogen-bond acceptors (Lipinski definition) is 3.